The van der Waals surface area contributed by atoms with Crippen LogP contribution in [0.1, 0.15) is 0 Å². The van der Waals surface area contributed by atoms with Crippen molar-refractivity contribution in [1.82, 2.24) is 0 Å². The second-order valence-corrected chi connectivity index (χ2v) is 30.5. The Morgan fingerprint density at radius 2 is 0.339 bits per heavy atom. The minimum atomic E-state index is 1.22. The SMILES string of the molecule is c1ccc(-c2ccc(-c3c4ccccc4c(-c4ccc(-c5ccccc5)cc4)c4cc(-c5ccc6ccc7cccc8ccc5c6c78)ccc34)cc2)cc1.c1ccc2cc3cc(-c4c5ccccc5c(-c5ccc6cc7ccccc7cc6c5)c5cc(-c6ccc7ccc8cccc9ccc6c7c89)ccc45)ccc3cc2c1. The standard InChI is InChI=1S/C58H34.C54H34/c1-3-10-40-30-47-32-45(20-18-42(47)28-38(40)8-1)56-50-14-5-6-15-51(50)57(46-21-19-43-29-39-9-2-4-11-41(39)31-48(43)33-46)54-34-44(24-27-53(54)56)49-25-22-37-17-16-35-12-7-13-36-23-26-52(49)58(37)55(35)36;1-3-10-35(11-4-1)37-18-22-41(23-19-37)52-46-16-7-8-17-47(46)53(42-24-20-38(21-25-42)36-12-5-2-6-13-36)50-34-44(30-33-49(50)52)45-31-28-43-27-26-39-14-9-15-40-29-32-48(45)54(43)51(39)40/h1-34H;1-34H. The fourth-order valence-corrected chi connectivity index (χ4v) is 19.0. The average molecular weight is 1410 g/mol. The average Bonchev–Trinajstić information content (AvgIpc) is 0.727. The van der Waals surface area contributed by atoms with Gasteiger partial charge in [0, 0.05) is 0 Å². The maximum atomic E-state index is 2.48. The topological polar surface area (TPSA) is 0 Å². The van der Waals surface area contributed by atoms with Crippen molar-refractivity contribution in [2.45, 2.75) is 0 Å². The van der Waals surface area contributed by atoms with Gasteiger partial charge < -0.3 is 0 Å². The van der Waals surface area contributed by atoms with Crippen molar-refractivity contribution in [3.63, 3.8) is 0 Å². The number of benzene rings is 24. The molecule has 0 bridgehead atoms. The summed E-state index contributed by atoms with van der Waals surface area (Å²) in [6.45, 7) is 0. The van der Waals surface area contributed by atoms with E-state index in [1.165, 1.54) is 240 Å². The lowest BCUT2D eigenvalue weighted by molar-refractivity contribution is 1.60. The Morgan fingerprint density at radius 1 is 0.0982 bits per heavy atom. The van der Waals surface area contributed by atoms with Gasteiger partial charge in [0.2, 0.25) is 0 Å². The van der Waals surface area contributed by atoms with Crippen LogP contribution in [-0.2, 0) is 0 Å². The monoisotopic (exact) mass is 1410 g/mol. The van der Waals surface area contributed by atoms with Gasteiger partial charge in [-0.1, -0.05) is 364 Å². The van der Waals surface area contributed by atoms with Crippen molar-refractivity contribution in [3.05, 3.63) is 413 Å². The van der Waals surface area contributed by atoms with Gasteiger partial charge in [0.25, 0.3) is 0 Å². The Balaban J connectivity index is 0.000000134. The molecule has 24 rings (SSSR count). The number of fused-ring (bicyclic) bond motifs is 8. The molecular formula is C112H68. The Hall–Kier alpha value is -14.6. The zero-order valence-corrected chi connectivity index (χ0v) is 61.3. The molecule has 24 aromatic rings. The van der Waals surface area contributed by atoms with Crippen LogP contribution >= 0.6 is 0 Å². The molecule has 0 heteroatoms. The molecule has 0 atom stereocenters. The Morgan fingerprint density at radius 3 is 0.741 bits per heavy atom. The molecule has 0 unspecified atom stereocenters. The molecule has 0 amide bonds. The van der Waals surface area contributed by atoms with Crippen LogP contribution in [0.2, 0.25) is 0 Å². The van der Waals surface area contributed by atoms with Crippen LogP contribution in [0.5, 0.6) is 0 Å². The number of hydrogen-bond acceptors (Lipinski definition) is 0. The summed E-state index contributed by atoms with van der Waals surface area (Å²) in [4.78, 5) is 0. The molecule has 0 nitrogen and oxygen atoms in total. The highest BCUT2D eigenvalue weighted by Gasteiger charge is 2.23. The summed E-state index contributed by atoms with van der Waals surface area (Å²) in [6, 6.07) is 154. The molecule has 0 fully saturated rings. The van der Waals surface area contributed by atoms with E-state index in [1.54, 1.807) is 0 Å². The minimum absolute atomic E-state index is 1.22. The summed E-state index contributed by atoms with van der Waals surface area (Å²) in [7, 11) is 0. The first-order chi connectivity index (χ1) is 55.5. The molecule has 0 saturated heterocycles. The fourth-order valence-electron chi connectivity index (χ4n) is 19.0. The number of hydrogen-bond donors (Lipinski definition) is 0. The third kappa shape index (κ3) is 10.3. The van der Waals surface area contributed by atoms with Crippen LogP contribution in [0.3, 0.4) is 0 Å². The molecule has 0 aliphatic carbocycles. The van der Waals surface area contributed by atoms with E-state index in [0.29, 0.717) is 0 Å². The second kappa shape index (κ2) is 25.5. The molecule has 0 saturated carbocycles. The van der Waals surface area contributed by atoms with Gasteiger partial charge in [-0.15, -0.1) is 0 Å². The predicted octanol–water partition coefficient (Wildman–Crippen LogP) is 31.7. The molecule has 0 spiro atoms. The first kappa shape index (κ1) is 63.5. The first-order valence-corrected chi connectivity index (χ1v) is 39.0. The van der Waals surface area contributed by atoms with E-state index in [1.807, 2.05) is 0 Å². The van der Waals surface area contributed by atoms with Crippen LogP contribution < -0.4 is 0 Å². The molecule has 112 heavy (non-hydrogen) atoms. The first-order valence-electron chi connectivity index (χ1n) is 39.0. The highest BCUT2D eigenvalue weighted by molar-refractivity contribution is 6.29. The van der Waals surface area contributed by atoms with Gasteiger partial charge in [-0.2, -0.15) is 0 Å². The molecule has 0 heterocycles. The zero-order valence-electron chi connectivity index (χ0n) is 61.3. The molecular weight excluding hydrogens is 1350 g/mol. The van der Waals surface area contributed by atoms with Gasteiger partial charge in [-0.05, 0) is 288 Å². The van der Waals surface area contributed by atoms with Crippen LogP contribution in [0, 0.1) is 0 Å². The molecule has 0 radical (unpaired) electrons. The van der Waals surface area contributed by atoms with Crippen molar-refractivity contribution < 1.29 is 0 Å². The molecule has 516 valence electrons. The normalized spacial score (nSPS) is 11.9. The summed E-state index contributed by atoms with van der Waals surface area (Å²) < 4.78 is 0. The van der Waals surface area contributed by atoms with E-state index >= 15 is 0 Å². The predicted molar refractivity (Wildman–Crippen MR) is 484 cm³/mol. The smallest absolute Gasteiger partial charge is 0.00206 e. The van der Waals surface area contributed by atoms with E-state index in [0.717, 1.165) is 0 Å². The largest absolute Gasteiger partial charge is 0.0622 e. The maximum absolute atomic E-state index is 2.48. The maximum Gasteiger partial charge on any atom is -0.00206 e. The lowest BCUT2D eigenvalue weighted by atomic mass is 9.83. The second-order valence-electron chi connectivity index (χ2n) is 30.5. The lowest BCUT2D eigenvalue weighted by Gasteiger charge is -2.20. The van der Waals surface area contributed by atoms with E-state index in [9.17, 15) is 0 Å². The van der Waals surface area contributed by atoms with Crippen molar-refractivity contribution >= 4 is 151 Å². The summed E-state index contributed by atoms with van der Waals surface area (Å²) >= 11 is 0. The Kier molecular flexibility index (Phi) is 14.5. The van der Waals surface area contributed by atoms with Gasteiger partial charge >= 0.3 is 0 Å². The van der Waals surface area contributed by atoms with Gasteiger partial charge in [0.05, 0.1) is 0 Å². The van der Waals surface area contributed by atoms with Crippen LogP contribution in [0.25, 0.3) is 240 Å². The fraction of sp³-hybridized carbons (Fsp3) is 0. The van der Waals surface area contributed by atoms with Crippen LogP contribution in [-0.4, -0.2) is 0 Å². The van der Waals surface area contributed by atoms with E-state index in [-0.39, 0.29) is 0 Å². The third-order valence-corrected chi connectivity index (χ3v) is 24.3. The third-order valence-electron chi connectivity index (χ3n) is 24.3. The molecule has 0 N–H and O–H groups in total. The van der Waals surface area contributed by atoms with Crippen molar-refractivity contribution in [2.75, 3.05) is 0 Å². The van der Waals surface area contributed by atoms with Gasteiger partial charge in [-0.3, -0.25) is 0 Å². The molecule has 0 aromatic heterocycles. The van der Waals surface area contributed by atoms with Gasteiger partial charge in [0.1, 0.15) is 0 Å². The van der Waals surface area contributed by atoms with Crippen molar-refractivity contribution in [3.8, 4) is 89.0 Å². The quantitative estimate of drug-likeness (QED) is 0.105. The van der Waals surface area contributed by atoms with Gasteiger partial charge in [0.15, 0.2) is 0 Å². The minimum Gasteiger partial charge on any atom is -0.0622 e. The Bertz CT molecular complexity index is 7910. The Labute approximate surface area is 647 Å². The summed E-state index contributed by atoms with van der Waals surface area (Å²) in [5, 5.41) is 35.8. The number of rotatable bonds is 8. The van der Waals surface area contributed by atoms with E-state index in [4.69, 9.17) is 0 Å². The van der Waals surface area contributed by atoms with Crippen molar-refractivity contribution in [2.24, 2.45) is 0 Å². The summed E-state index contributed by atoms with van der Waals surface area (Å²) in [5.74, 6) is 0. The zero-order chi connectivity index (χ0) is 73.5. The summed E-state index contributed by atoms with van der Waals surface area (Å²) in [5.41, 5.74) is 19.9. The molecule has 0 aliphatic rings. The molecule has 0 aliphatic heterocycles. The van der Waals surface area contributed by atoms with E-state index < -0.39 is 0 Å². The highest BCUT2D eigenvalue weighted by Crippen LogP contribution is 2.51. The van der Waals surface area contributed by atoms with E-state index in [2.05, 4.69) is 413 Å². The molecule has 24 aromatic carbocycles. The lowest BCUT2D eigenvalue weighted by Crippen LogP contribution is -1.93. The summed E-state index contributed by atoms with van der Waals surface area (Å²) in [6.07, 6.45) is 0. The van der Waals surface area contributed by atoms with Crippen LogP contribution in [0.4, 0.5) is 0 Å². The van der Waals surface area contributed by atoms with Crippen LogP contribution in [0.15, 0.2) is 413 Å². The van der Waals surface area contributed by atoms with Gasteiger partial charge in [-0.25, -0.2) is 0 Å². The van der Waals surface area contributed by atoms with Crippen molar-refractivity contribution in [1.29, 1.82) is 0 Å². The highest BCUT2D eigenvalue weighted by atomic mass is 14.3.